The first-order valence-corrected chi connectivity index (χ1v) is 13.1. The van der Waals surface area contributed by atoms with E-state index in [0.717, 1.165) is 48.1 Å². The van der Waals surface area contributed by atoms with Crippen LogP contribution < -0.4 is 4.74 Å². The van der Waals surface area contributed by atoms with Crippen molar-refractivity contribution >= 4 is 22.6 Å². The molecule has 1 fully saturated rings. The summed E-state index contributed by atoms with van der Waals surface area (Å²) < 4.78 is 40.5. The lowest BCUT2D eigenvalue weighted by Crippen LogP contribution is -2.33. The standard InChI is InChI=1S/C29H27F2N5O4/c30-21-3-1-20(23(31)14-21)17-40-27-5-9-32-28(34-27)18-6-10-35(11-7-18)16-26-33-24-4-2-19(29(37)38)13-25(24)36(26)15-22-8-12-39-22/h1-6,9,13-14,22H,7-8,10-12,15-17H2,(H,37,38). The van der Waals surface area contributed by atoms with E-state index in [9.17, 15) is 18.7 Å². The molecule has 4 heterocycles. The molecule has 1 saturated heterocycles. The average molecular weight is 548 g/mol. The second-order valence-corrected chi connectivity index (χ2v) is 9.89. The minimum absolute atomic E-state index is 0.0732. The average Bonchev–Trinajstić information content (AvgIpc) is 3.26. The first-order chi connectivity index (χ1) is 19.4. The Morgan fingerprint density at radius 2 is 2.02 bits per heavy atom. The second kappa shape index (κ2) is 11.1. The number of nitrogens with zero attached hydrogens (tertiary/aromatic N) is 5. The maximum Gasteiger partial charge on any atom is 0.335 e. The third-order valence-electron chi connectivity index (χ3n) is 7.22. The highest BCUT2D eigenvalue weighted by Gasteiger charge is 2.24. The Kier molecular flexibility index (Phi) is 7.23. The fraction of sp³-hybridized carbons (Fsp3) is 0.310. The number of carboxylic acids is 1. The highest BCUT2D eigenvalue weighted by Crippen LogP contribution is 2.26. The second-order valence-electron chi connectivity index (χ2n) is 9.89. The first kappa shape index (κ1) is 26.0. The number of fused-ring (bicyclic) bond motifs is 1. The summed E-state index contributed by atoms with van der Waals surface area (Å²) in [7, 11) is 0. The molecule has 2 aromatic heterocycles. The van der Waals surface area contributed by atoms with Crippen LogP contribution in [-0.2, 0) is 24.4 Å². The Balaban J connectivity index is 1.15. The van der Waals surface area contributed by atoms with Crippen LogP contribution >= 0.6 is 0 Å². The fourth-order valence-electron chi connectivity index (χ4n) is 4.89. The fourth-order valence-corrected chi connectivity index (χ4v) is 4.89. The number of aromatic carboxylic acids is 1. The van der Waals surface area contributed by atoms with E-state index in [1.807, 2.05) is 0 Å². The molecule has 2 aliphatic rings. The Bertz CT molecular complexity index is 1600. The number of hydrogen-bond acceptors (Lipinski definition) is 7. The Hall–Kier alpha value is -4.22. The molecule has 1 N–H and O–H groups in total. The molecular weight excluding hydrogens is 520 g/mol. The number of aromatic nitrogens is 4. The van der Waals surface area contributed by atoms with Crippen molar-refractivity contribution < 1.29 is 28.2 Å². The Morgan fingerprint density at radius 1 is 1.15 bits per heavy atom. The molecule has 0 saturated carbocycles. The summed E-state index contributed by atoms with van der Waals surface area (Å²) in [5, 5.41) is 9.47. The molecule has 0 bridgehead atoms. The van der Waals surface area contributed by atoms with Crippen molar-refractivity contribution in [3.05, 3.63) is 89.1 Å². The van der Waals surface area contributed by atoms with Crippen LogP contribution in [0.5, 0.6) is 5.88 Å². The number of hydrogen-bond donors (Lipinski definition) is 1. The number of ether oxygens (including phenoxy) is 2. The predicted molar refractivity (Wildman–Crippen MR) is 142 cm³/mol. The predicted octanol–water partition coefficient (Wildman–Crippen LogP) is 4.46. The molecule has 0 aliphatic carbocycles. The van der Waals surface area contributed by atoms with E-state index in [1.54, 1.807) is 30.5 Å². The SMILES string of the molecule is O=C(O)c1ccc2nc(CN3CC=C(c4nccc(OCc5ccc(F)cc5F)n4)CC3)n(CC3CCO3)c2c1. The summed E-state index contributed by atoms with van der Waals surface area (Å²) in [6, 6.07) is 9.98. The van der Waals surface area contributed by atoms with E-state index >= 15 is 0 Å². The number of imidazole rings is 1. The first-order valence-electron chi connectivity index (χ1n) is 13.1. The monoisotopic (exact) mass is 547 g/mol. The minimum Gasteiger partial charge on any atom is -0.478 e. The van der Waals surface area contributed by atoms with Crippen LogP contribution in [0.3, 0.4) is 0 Å². The van der Waals surface area contributed by atoms with Crippen molar-refractivity contribution in [1.82, 2.24) is 24.4 Å². The van der Waals surface area contributed by atoms with Gasteiger partial charge in [-0.1, -0.05) is 6.08 Å². The zero-order valence-electron chi connectivity index (χ0n) is 21.6. The van der Waals surface area contributed by atoms with E-state index in [4.69, 9.17) is 14.5 Å². The van der Waals surface area contributed by atoms with Crippen molar-refractivity contribution in [2.24, 2.45) is 0 Å². The van der Waals surface area contributed by atoms with Gasteiger partial charge in [0.1, 0.15) is 24.1 Å². The summed E-state index contributed by atoms with van der Waals surface area (Å²) in [5.41, 5.74) is 3.01. The van der Waals surface area contributed by atoms with Crippen molar-refractivity contribution in [2.45, 2.75) is 38.6 Å². The highest BCUT2D eigenvalue weighted by atomic mass is 19.1. The maximum absolute atomic E-state index is 13.9. The van der Waals surface area contributed by atoms with Crippen LogP contribution in [0, 0.1) is 11.6 Å². The third kappa shape index (κ3) is 5.56. The van der Waals surface area contributed by atoms with Gasteiger partial charge in [0.25, 0.3) is 0 Å². The molecular formula is C29H27F2N5O4. The molecule has 11 heteroatoms. The number of halogens is 2. The van der Waals surface area contributed by atoms with Crippen molar-refractivity contribution in [2.75, 3.05) is 19.7 Å². The van der Waals surface area contributed by atoms with E-state index in [-0.39, 0.29) is 23.8 Å². The lowest BCUT2D eigenvalue weighted by atomic mass is 10.1. The smallest absolute Gasteiger partial charge is 0.335 e. The number of carbonyl (C=O) groups is 1. The van der Waals surface area contributed by atoms with Gasteiger partial charge in [-0.25, -0.2) is 23.5 Å². The highest BCUT2D eigenvalue weighted by molar-refractivity contribution is 5.92. The molecule has 0 spiro atoms. The van der Waals surface area contributed by atoms with Crippen molar-refractivity contribution in [1.29, 1.82) is 0 Å². The van der Waals surface area contributed by atoms with Gasteiger partial charge < -0.3 is 19.1 Å². The maximum atomic E-state index is 13.9. The zero-order valence-corrected chi connectivity index (χ0v) is 21.6. The molecule has 2 aliphatic heterocycles. The molecule has 206 valence electrons. The van der Waals surface area contributed by atoms with Crippen LogP contribution in [0.4, 0.5) is 8.78 Å². The van der Waals surface area contributed by atoms with Gasteiger partial charge in [0.15, 0.2) is 5.82 Å². The molecule has 1 unspecified atom stereocenters. The molecule has 6 rings (SSSR count). The summed E-state index contributed by atoms with van der Waals surface area (Å²) in [6.07, 6.45) is 5.46. The molecule has 2 aromatic carbocycles. The van der Waals surface area contributed by atoms with Gasteiger partial charge in [-0.2, -0.15) is 4.98 Å². The zero-order chi connectivity index (χ0) is 27.6. The van der Waals surface area contributed by atoms with E-state index < -0.39 is 17.6 Å². The van der Waals surface area contributed by atoms with Gasteiger partial charge in [0.2, 0.25) is 5.88 Å². The van der Waals surface area contributed by atoms with Crippen LogP contribution in [0.15, 0.2) is 54.7 Å². The van der Waals surface area contributed by atoms with Gasteiger partial charge in [0.05, 0.1) is 35.8 Å². The lowest BCUT2D eigenvalue weighted by Gasteiger charge is -2.29. The largest absolute Gasteiger partial charge is 0.478 e. The van der Waals surface area contributed by atoms with Crippen LogP contribution in [-0.4, -0.2) is 61.3 Å². The number of carboxylic acid groups (broad SMARTS) is 1. The van der Waals surface area contributed by atoms with Crippen molar-refractivity contribution in [3.63, 3.8) is 0 Å². The van der Waals surface area contributed by atoms with Gasteiger partial charge in [-0.15, -0.1) is 0 Å². The summed E-state index contributed by atoms with van der Waals surface area (Å²) in [6.45, 7) is 3.31. The van der Waals surface area contributed by atoms with Gasteiger partial charge in [-0.3, -0.25) is 4.90 Å². The van der Waals surface area contributed by atoms with Crippen LogP contribution in [0.1, 0.15) is 40.4 Å². The Labute approximate surface area is 228 Å². The molecule has 0 radical (unpaired) electrons. The van der Waals surface area contributed by atoms with Gasteiger partial charge >= 0.3 is 5.97 Å². The van der Waals surface area contributed by atoms with Crippen LogP contribution in [0.25, 0.3) is 16.6 Å². The molecule has 1 atom stereocenters. The summed E-state index contributed by atoms with van der Waals surface area (Å²) in [4.78, 5) is 27.5. The van der Waals surface area contributed by atoms with Gasteiger partial charge in [-0.05, 0) is 48.7 Å². The van der Waals surface area contributed by atoms with E-state index in [1.165, 1.54) is 12.1 Å². The normalized spacial score (nSPS) is 17.4. The molecule has 4 aromatic rings. The number of rotatable bonds is 9. The molecule has 40 heavy (non-hydrogen) atoms. The third-order valence-corrected chi connectivity index (χ3v) is 7.22. The number of benzene rings is 2. The quantitative estimate of drug-likeness (QED) is 0.328. The van der Waals surface area contributed by atoms with E-state index in [0.29, 0.717) is 37.8 Å². The summed E-state index contributed by atoms with van der Waals surface area (Å²) in [5.74, 6) is -0.549. The van der Waals surface area contributed by atoms with E-state index in [2.05, 4.69) is 25.5 Å². The van der Waals surface area contributed by atoms with Crippen LogP contribution in [0.2, 0.25) is 0 Å². The lowest BCUT2D eigenvalue weighted by molar-refractivity contribution is -0.0591. The van der Waals surface area contributed by atoms with Crippen molar-refractivity contribution in [3.8, 4) is 5.88 Å². The Morgan fingerprint density at radius 3 is 2.75 bits per heavy atom. The topological polar surface area (TPSA) is 103 Å². The minimum atomic E-state index is -0.968. The molecule has 9 nitrogen and oxygen atoms in total. The van der Waals surface area contributed by atoms with Gasteiger partial charge in [0, 0.05) is 43.6 Å². The molecule has 0 amide bonds. The summed E-state index contributed by atoms with van der Waals surface area (Å²) >= 11 is 0.